The lowest BCUT2D eigenvalue weighted by Gasteiger charge is -2.25. The maximum absolute atomic E-state index is 6.09. The van der Waals surface area contributed by atoms with Gasteiger partial charge in [-0.15, -0.1) is 0 Å². The van der Waals surface area contributed by atoms with E-state index >= 15 is 0 Å². The number of fused-ring (bicyclic) bond motifs is 1. The predicted octanol–water partition coefficient (Wildman–Crippen LogP) is 4.66. The van der Waals surface area contributed by atoms with Crippen LogP contribution in [0.1, 0.15) is 53.9 Å². The smallest absolute Gasteiger partial charge is 0.0725 e. The van der Waals surface area contributed by atoms with Gasteiger partial charge >= 0.3 is 0 Å². The van der Waals surface area contributed by atoms with Gasteiger partial charge in [0.05, 0.1) is 13.2 Å². The molecule has 2 aliphatic carbocycles. The summed E-state index contributed by atoms with van der Waals surface area (Å²) in [7, 11) is 0. The highest BCUT2D eigenvalue weighted by Gasteiger charge is 2.25. The number of thiophene rings is 1. The Labute approximate surface area is 149 Å². The molecule has 1 aromatic heterocycles. The molecule has 24 heavy (non-hydrogen) atoms. The van der Waals surface area contributed by atoms with Gasteiger partial charge < -0.3 is 10.5 Å². The molecule has 2 N–H and O–H groups in total. The van der Waals surface area contributed by atoms with Gasteiger partial charge in [0, 0.05) is 6.04 Å². The first-order chi connectivity index (χ1) is 11.8. The third-order valence-electron chi connectivity index (χ3n) is 5.71. The van der Waals surface area contributed by atoms with Gasteiger partial charge in [-0.3, -0.25) is 0 Å². The Morgan fingerprint density at radius 2 is 2.08 bits per heavy atom. The van der Waals surface area contributed by atoms with Crippen molar-refractivity contribution in [3.8, 4) is 0 Å². The average molecular weight is 342 g/mol. The normalized spacial score (nSPS) is 26.5. The lowest BCUT2D eigenvalue weighted by atomic mass is 9.82. The van der Waals surface area contributed by atoms with E-state index in [0.717, 1.165) is 19.6 Å². The summed E-state index contributed by atoms with van der Waals surface area (Å²) in [4.78, 5) is 0. The van der Waals surface area contributed by atoms with Gasteiger partial charge in [-0.25, -0.2) is 0 Å². The van der Waals surface area contributed by atoms with Crippen LogP contribution in [-0.2, 0) is 24.2 Å². The van der Waals surface area contributed by atoms with Crippen LogP contribution >= 0.6 is 11.3 Å². The van der Waals surface area contributed by atoms with Gasteiger partial charge in [0.2, 0.25) is 0 Å². The molecule has 2 nitrogen and oxygen atoms in total. The summed E-state index contributed by atoms with van der Waals surface area (Å²) in [6.45, 7) is 1.64. The second-order valence-corrected chi connectivity index (χ2v) is 8.33. The molecule has 0 bridgehead atoms. The van der Waals surface area contributed by atoms with Gasteiger partial charge in [-0.1, -0.05) is 18.2 Å². The topological polar surface area (TPSA) is 35.2 Å². The molecule has 1 saturated carbocycles. The quantitative estimate of drug-likeness (QED) is 0.858. The Morgan fingerprint density at radius 1 is 1.12 bits per heavy atom. The number of rotatable bonds is 5. The van der Waals surface area contributed by atoms with Crippen molar-refractivity contribution in [3.05, 3.63) is 57.3 Å². The summed E-state index contributed by atoms with van der Waals surface area (Å²) in [6.07, 6.45) is 7.24. The van der Waals surface area contributed by atoms with Crippen molar-refractivity contribution in [2.75, 3.05) is 6.61 Å². The van der Waals surface area contributed by atoms with Crippen LogP contribution in [0.5, 0.6) is 0 Å². The van der Waals surface area contributed by atoms with Crippen LogP contribution in [0.25, 0.3) is 0 Å². The fraction of sp³-hybridized carbons (Fsp3) is 0.524. The van der Waals surface area contributed by atoms with Crippen molar-refractivity contribution >= 4 is 11.3 Å². The van der Waals surface area contributed by atoms with E-state index in [0.29, 0.717) is 17.9 Å². The summed E-state index contributed by atoms with van der Waals surface area (Å²) < 4.78 is 5.94. The minimum atomic E-state index is 0.413. The van der Waals surface area contributed by atoms with Crippen LogP contribution in [0.2, 0.25) is 0 Å². The summed E-state index contributed by atoms with van der Waals surface area (Å²) in [5.74, 6) is 1.36. The van der Waals surface area contributed by atoms with Gasteiger partial charge in [0.1, 0.15) is 0 Å². The fourth-order valence-electron chi connectivity index (χ4n) is 4.28. The van der Waals surface area contributed by atoms with Crippen LogP contribution in [0.15, 0.2) is 35.0 Å². The first-order valence-corrected chi connectivity index (χ1v) is 10.2. The minimum absolute atomic E-state index is 0.413. The zero-order valence-electron chi connectivity index (χ0n) is 14.2. The number of hydrogen-bond acceptors (Lipinski definition) is 3. The fourth-order valence-corrected chi connectivity index (χ4v) is 4.94. The van der Waals surface area contributed by atoms with E-state index in [1.54, 1.807) is 16.9 Å². The Kier molecular flexibility index (Phi) is 5.02. The second-order valence-electron chi connectivity index (χ2n) is 7.55. The third kappa shape index (κ3) is 3.74. The van der Waals surface area contributed by atoms with Crippen LogP contribution in [0.4, 0.5) is 0 Å². The molecule has 0 radical (unpaired) electrons. The molecule has 2 aliphatic rings. The van der Waals surface area contributed by atoms with Gasteiger partial charge in [0.25, 0.3) is 0 Å². The van der Waals surface area contributed by atoms with E-state index < -0.39 is 0 Å². The molecule has 3 unspecified atom stereocenters. The van der Waals surface area contributed by atoms with Gasteiger partial charge in [0.15, 0.2) is 0 Å². The molecule has 0 amide bonds. The minimum Gasteiger partial charge on any atom is -0.376 e. The Balaban J connectivity index is 1.33. The lowest BCUT2D eigenvalue weighted by Crippen LogP contribution is -2.19. The van der Waals surface area contributed by atoms with Crippen LogP contribution < -0.4 is 5.73 Å². The molecule has 0 saturated heterocycles. The summed E-state index contributed by atoms with van der Waals surface area (Å²) in [6, 6.07) is 9.77. The highest BCUT2D eigenvalue weighted by atomic mass is 32.1. The van der Waals surface area contributed by atoms with E-state index in [1.807, 2.05) is 0 Å². The standard InChI is InChI=1S/C21H27NOS/c22-21-6-5-20(11-21)19-4-3-17-9-15(1-2-18(17)10-19)12-23-13-16-7-8-24-14-16/h3-4,7-8,10,14-15,20-21H,1-2,5-6,9,11-13,22H2. The molecule has 2 aromatic rings. The molecule has 4 rings (SSSR count). The summed E-state index contributed by atoms with van der Waals surface area (Å²) in [5.41, 5.74) is 12.0. The van der Waals surface area contributed by atoms with E-state index in [2.05, 4.69) is 35.0 Å². The number of benzene rings is 1. The SMILES string of the molecule is NC1CCC(c2ccc3c(c2)CCC(COCc2ccsc2)C3)C1. The summed E-state index contributed by atoms with van der Waals surface area (Å²) >= 11 is 1.74. The first-order valence-electron chi connectivity index (χ1n) is 9.24. The van der Waals surface area contributed by atoms with E-state index in [9.17, 15) is 0 Å². The molecule has 1 heterocycles. The average Bonchev–Trinajstić information content (AvgIpc) is 3.26. The molecule has 3 atom stereocenters. The van der Waals surface area contributed by atoms with E-state index in [-0.39, 0.29) is 0 Å². The number of aryl methyl sites for hydroxylation is 1. The highest BCUT2D eigenvalue weighted by Crippen LogP contribution is 2.36. The summed E-state index contributed by atoms with van der Waals surface area (Å²) in [5, 5.41) is 4.29. The number of nitrogens with two attached hydrogens (primary N) is 1. The van der Waals surface area contributed by atoms with Crippen molar-refractivity contribution in [2.24, 2.45) is 11.7 Å². The molecular weight excluding hydrogens is 314 g/mol. The maximum Gasteiger partial charge on any atom is 0.0725 e. The molecule has 1 fully saturated rings. The van der Waals surface area contributed by atoms with E-state index in [1.165, 1.54) is 48.8 Å². The Hall–Kier alpha value is -1.16. The lowest BCUT2D eigenvalue weighted by molar-refractivity contribution is 0.0825. The predicted molar refractivity (Wildman–Crippen MR) is 100 cm³/mol. The van der Waals surface area contributed by atoms with Gasteiger partial charge in [-0.2, -0.15) is 11.3 Å². The van der Waals surface area contributed by atoms with Crippen molar-refractivity contribution in [1.29, 1.82) is 0 Å². The third-order valence-corrected chi connectivity index (χ3v) is 6.44. The second kappa shape index (κ2) is 7.38. The van der Waals surface area contributed by atoms with Crippen LogP contribution in [0, 0.1) is 5.92 Å². The molecule has 3 heteroatoms. The van der Waals surface area contributed by atoms with Crippen molar-refractivity contribution in [3.63, 3.8) is 0 Å². The van der Waals surface area contributed by atoms with Crippen molar-refractivity contribution in [2.45, 2.75) is 57.1 Å². The Morgan fingerprint density at radius 3 is 2.88 bits per heavy atom. The largest absolute Gasteiger partial charge is 0.376 e. The maximum atomic E-state index is 6.09. The number of ether oxygens (including phenoxy) is 1. The number of hydrogen-bond donors (Lipinski definition) is 1. The van der Waals surface area contributed by atoms with Gasteiger partial charge in [-0.05, 0) is 89.4 Å². The first kappa shape index (κ1) is 16.3. The van der Waals surface area contributed by atoms with Crippen LogP contribution in [0.3, 0.4) is 0 Å². The van der Waals surface area contributed by atoms with E-state index in [4.69, 9.17) is 10.5 Å². The zero-order valence-corrected chi connectivity index (χ0v) is 15.1. The van der Waals surface area contributed by atoms with Crippen molar-refractivity contribution < 1.29 is 4.74 Å². The van der Waals surface area contributed by atoms with Crippen molar-refractivity contribution in [1.82, 2.24) is 0 Å². The monoisotopic (exact) mass is 341 g/mol. The van der Waals surface area contributed by atoms with Crippen LogP contribution in [-0.4, -0.2) is 12.6 Å². The molecular formula is C21H27NOS. The molecule has 1 aromatic carbocycles. The highest BCUT2D eigenvalue weighted by molar-refractivity contribution is 7.07. The molecule has 0 spiro atoms. The Bertz CT molecular complexity index is 666. The molecule has 128 valence electrons. The zero-order chi connectivity index (χ0) is 16.4. The molecule has 0 aliphatic heterocycles.